The highest BCUT2D eigenvalue weighted by molar-refractivity contribution is 5.85. The number of rotatable bonds is 3. The first-order chi connectivity index (χ1) is 9.07. The van der Waals surface area contributed by atoms with Gasteiger partial charge in [-0.15, -0.1) is 12.4 Å². The Morgan fingerprint density at radius 3 is 2.60 bits per heavy atom. The molecule has 1 saturated heterocycles. The lowest BCUT2D eigenvalue weighted by atomic mass is 9.85. The summed E-state index contributed by atoms with van der Waals surface area (Å²) in [6, 6.07) is 9.89. The number of benzene rings is 1. The van der Waals surface area contributed by atoms with Gasteiger partial charge in [0.2, 0.25) is 5.91 Å². The van der Waals surface area contributed by atoms with Crippen LogP contribution in [-0.4, -0.2) is 30.4 Å². The van der Waals surface area contributed by atoms with E-state index in [1.807, 2.05) is 35.2 Å². The van der Waals surface area contributed by atoms with E-state index in [4.69, 9.17) is 0 Å². The van der Waals surface area contributed by atoms with Crippen LogP contribution in [-0.2, 0) is 4.79 Å². The highest BCUT2D eigenvalue weighted by Crippen LogP contribution is 2.29. The topological polar surface area (TPSA) is 32.3 Å². The van der Waals surface area contributed by atoms with Crippen LogP contribution in [0, 0.1) is 5.41 Å². The predicted octanol–water partition coefficient (Wildman–Crippen LogP) is 3.56. The summed E-state index contributed by atoms with van der Waals surface area (Å²) >= 11 is 0. The van der Waals surface area contributed by atoms with Gasteiger partial charge in [0.15, 0.2) is 0 Å². The molecule has 1 heterocycles. The van der Waals surface area contributed by atoms with E-state index in [0.717, 1.165) is 31.6 Å². The number of halogens is 1. The second-order valence-electron chi connectivity index (χ2n) is 6.12. The SMILES string of the molecule is CC1(C)CCCN(C(=O)CNc2ccccc2)CC1.Cl. The number of likely N-dealkylation sites (tertiary alicyclic amines) is 1. The molecule has 1 fully saturated rings. The zero-order chi connectivity index (χ0) is 13.7. The van der Waals surface area contributed by atoms with E-state index in [-0.39, 0.29) is 18.3 Å². The third-order valence-corrected chi connectivity index (χ3v) is 3.91. The van der Waals surface area contributed by atoms with Crippen LogP contribution >= 0.6 is 12.4 Å². The molecule has 0 spiro atoms. The summed E-state index contributed by atoms with van der Waals surface area (Å²) in [6.45, 7) is 6.78. The maximum absolute atomic E-state index is 12.2. The molecule has 0 radical (unpaired) electrons. The van der Waals surface area contributed by atoms with Crippen molar-refractivity contribution in [3.05, 3.63) is 30.3 Å². The minimum Gasteiger partial charge on any atom is -0.376 e. The number of carbonyl (C=O) groups is 1. The molecule has 0 aliphatic carbocycles. The summed E-state index contributed by atoms with van der Waals surface area (Å²) in [5, 5.41) is 3.19. The summed E-state index contributed by atoms with van der Waals surface area (Å²) in [5.74, 6) is 0.210. The molecule has 1 aliphatic rings. The Labute approximate surface area is 128 Å². The van der Waals surface area contributed by atoms with Gasteiger partial charge in [0.25, 0.3) is 0 Å². The molecule has 1 aromatic carbocycles. The van der Waals surface area contributed by atoms with Crippen molar-refractivity contribution >= 4 is 24.0 Å². The summed E-state index contributed by atoms with van der Waals surface area (Å²) in [4.78, 5) is 14.2. The molecule has 20 heavy (non-hydrogen) atoms. The monoisotopic (exact) mass is 296 g/mol. The third-order valence-electron chi connectivity index (χ3n) is 3.91. The van der Waals surface area contributed by atoms with Crippen LogP contribution in [0.25, 0.3) is 0 Å². The van der Waals surface area contributed by atoms with Crippen molar-refractivity contribution in [1.82, 2.24) is 4.90 Å². The van der Waals surface area contributed by atoms with Crippen molar-refractivity contribution in [1.29, 1.82) is 0 Å². The lowest BCUT2D eigenvalue weighted by Gasteiger charge is -2.23. The zero-order valence-electron chi connectivity index (χ0n) is 12.4. The molecule has 3 nitrogen and oxygen atoms in total. The maximum Gasteiger partial charge on any atom is 0.241 e. The first-order valence-electron chi connectivity index (χ1n) is 7.14. The van der Waals surface area contributed by atoms with Crippen molar-refractivity contribution in [2.24, 2.45) is 5.41 Å². The molecular formula is C16H25ClN2O. The van der Waals surface area contributed by atoms with Crippen molar-refractivity contribution in [3.8, 4) is 0 Å². The zero-order valence-corrected chi connectivity index (χ0v) is 13.2. The fourth-order valence-corrected chi connectivity index (χ4v) is 2.52. The van der Waals surface area contributed by atoms with Gasteiger partial charge < -0.3 is 10.2 Å². The molecule has 1 N–H and O–H groups in total. The number of hydrogen-bond acceptors (Lipinski definition) is 2. The lowest BCUT2D eigenvalue weighted by molar-refractivity contribution is -0.129. The normalized spacial score (nSPS) is 17.8. The van der Waals surface area contributed by atoms with Gasteiger partial charge in [-0.25, -0.2) is 0 Å². The lowest BCUT2D eigenvalue weighted by Crippen LogP contribution is -2.36. The van der Waals surface area contributed by atoms with Crippen LogP contribution in [0.2, 0.25) is 0 Å². The van der Waals surface area contributed by atoms with Gasteiger partial charge in [-0.1, -0.05) is 32.0 Å². The average Bonchev–Trinajstić information content (AvgIpc) is 2.58. The van der Waals surface area contributed by atoms with Crippen LogP contribution < -0.4 is 5.32 Å². The first-order valence-corrected chi connectivity index (χ1v) is 7.14. The molecule has 0 atom stereocenters. The van der Waals surface area contributed by atoms with E-state index in [9.17, 15) is 4.79 Å². The third kappa shape index (κ3) is 5.04. The Hall–Kier alpha value is -1.22. The summed E-state index contributed by atoms with van der Waals surface area (Å²) < 4.78 is 0. The van der Waals surface area contributed by atoms with E-state index >= 15 is 0 Å². The molecule has 0 unspecified atom stereocenters. The Bertz CT molecular complexity index is 420. The molecule has 4 heteroatoms. The standard InChI is InChI=1S/C16H24N2O.ClH/c1-16(2)9-6-11-18(12-10-16)15(19)13-17-14-7-4-3-5-8-14;/h3-5,7-8,17H,6,9-13H2,1-2H3;1H. The van der Waals surface area contributed by atoms with Crippen molar-refractivity contribution in [3.63, 3.8) is 0 Å². The van der Waals surface area contributed by atoms with E-state index in [1.54, 1.807) is 0 Å². The number of amides is 1. The fraction of sp³-hybridized carbons (Fsp3) is 0.562. The van der Waals surface area contributed by atoms with Crippen LogP contribution in [0.1, 0.15) is 33.1 Å². The number of carbonyl (C=O) groups excluding carboxylic acids is 1. The van der Waals surface area contributed by atoms with Crippen LogP contribution in [0.5, 0.6) is 0 Å². The van der Waals surface area contributed by atoms with Gasteiger partial charge >= 0.3 is 0 Å². The molecule has 1 aliphatic heterocycles. The Morgan fingerprint density at radius 1 is 1.20 bits per heavy atom. The smallest absolute Gasteiger partial charge is 0.241 e. The summed E-state index contributed by atoms with van der Waals surface area (Å²) in [5.41, 5.74) is 1.38. The van der Waals surface area contributed by atoms with Gasteiger partial charge in [-0.3, -0.25) is 4.79 Å². The van der Waals surface area contributed by atoms with Crippen LogP contribution in [0.3, 0.4) is 0 Å². The van der Waals surface area contributed by atoms with E-state index in [0.29, 0.717) is 12.0 Å². The van der Waals surface area contributed by atoms with E-state index in [1.165, 1.54) is 6.42 Å². The molecule has 2 rings (SSSR count). The molecule has 1 amide bonds. The van der Waals surface area contributed by atoms with Gasteiger partial charge in [0.1, 0.15) is 0 Å². The van der Waals surface area contributed by atoms with Crippen LogP contribution in [0.4, 0.5) is 5.69 Å². The highest BCUT2D eigenvalue weighted by atomic mass is 35.5. The number of anilines is 1. The Balaban J connectivity index is 0.00000200. The fourth-order valence-electron chi connectivity index (χ4n) is 2.52. The Morgan fingerprint density at radius 2 is 1.90 bits per heavy atom. The van der Waals surface area contributed by atoms with Crippen molar-refractivity contribution < 1.29 is 4.79 Å². The van der Waals surface area contributed by atoms with Gasteiger partial charge in [-0.2, -0.15) is 0 Å². The van der Waals surface area contributed by atoms with Gasteiger partial charge in [-0.05, 0) is 36.8 Å². The number of hydrogen-bond donors (Lipinski definition) is 1. The largest absolute Gasteiger partial charge is 0.376 e. The number of nitrogens with zero attached hydrogens (tertiary/aromatic N) is 1. The minimum absolute atomic E-state index is 0. The molecule has 0 aromatic heterocycles. The van der Waals surface area contributed by atoms with E-state index < -0.39 is 0 Å². The molecule has 112 valence electrons. The summed E-state index contributed by atoms with van der Waals surface area (Å²) in [7, 11) is 0. The quantitative estimate of drug-likeness (QED) is 0.925. The van der Waals surface area contributed by atoms with Crippen molar-refractivity contribution in [2.45, 2.75) is 33.1 Å². The average molecular weight is 297 g/mol. The second-order valence-corrected chi connectivity index (χ2v) is 6.12. The van der Waals surface area contributed by atoms with E-state index in [2.05, 4.69) is 19.2 Å². The minimum atomic E-state index is 0. The number of para-hydroxylation sites is 1. The first kappa shape index (κ1) is 16.8. The molecule has 0 bridgehead atoms. The Kier molecular flexibility index (Phi) is 6.34. The molecular weight excluding hydrogens is 272 g/mol. The van der Waals surface area contributed by atoms with Gasteiger partial charge in [0.05, 0.1) is 6.54 Å². The maximum atomic E-state index is 12.2. The van der Waals surface area contributed by atoms with Crippen LogP contribution in [0.15, 0.2) is 30.3 Å². The predicted molar refractivity (Wildman–Crippen MR) is 86.4 cm³/mol. The summed E-state index contributed by atoms with van der Waals surface area (Å²) in [6.07, 6.45) is 3.43. The van der Waals surface area contributed by atoms with Gasteiger partial charge in [0, 0.05) is 18.8 Å². The number of nitrogens with one attached hydrogen (secondary N) is 1. The molecule has 1 aromatic rings. The highest BCUT2D eigenvalue weighted by Gasteiger charge is 2.25. The second kappa shape index (κ2) is 7.53. The molecule has 0 saturated carbocycles. The van der Waals surface area contributed by atoms with Crippen molar-refractivity contribution in [2.75, 3.05) is 25.0 Å².